The topological polar surface area (TPSA) is 49.4 Å². The molecule has 0 bridgehead atoms. The second-order valence-electron chi connectivity index (χ2n) is 6.51. The van der Waals surface area contributed by atoms with Gasteiger partial charge < -0.3 is 10.2 Å². The van der Waals surface area contributed by atoms with Crippen molar-refractivity contribution in [2.75, 3.05) is 10.2 Å². The van der Waals surface area contributed by atoms with Crippen molar-refractivity contribution < 1.29 is 14.0 Å². The van der Waals surface area contributed by atoms with E-state index in [1.54, 1.807) is 11.0 Å². The molecule has 0 aliphatic carbocycles. The van der Waals surface area contributed by atoms with Crippen LogP contribution in [0.5, 0.6) is 0 Å². The number of hydrogen-bond acceptors (Lipinski definition) is 2. The number of rotatable bonds is 3. The minimum atomic E-state index is -0.386. The molecule has 5 heteroatoms. The SMILES string of the molecule is Cc1cc(N2Cc3ccccc3C2=O)ccc1NC(=O)c1ccc(F)cc1. The van der Waals surface area contributed by atoms with E-state index in [-0.39, 0.29) is 17.6 Å². The van der Waals surface area contributed by atoms with Crippen LogP contribution in [0.1, 0.15) is 31.8 Å². The fraction of sp³-hybridized carbons (Fsp3) is 0.0909. The highest BCUT2D eigenvalue weighted by Gasteiger charge is 2.28. The number of benzene rings is 3. The van der Waals surface area contributed by atoms with Crippen molar-refractivity contribution in [2.45, 2.75) is 13.5 Å². The molecule has 0 saturated carbocycles. The van der Waals surface area contributed by atoms with Gasteiger partial charge >= 0.3 is 0 Å². The van der Waals surface area contributed by atoms with E-state index in [4.69, 9.17) is 0 Å². The summed E-state index contributed by atoms with van der Waals surface area (Å²) in [5, 5.41) is 2.83. The van der Waals surface area contributed by atoms with Crippen LogP contribution in [-0.4, -0.2) is 11.8 Å². The predicted molar refractivity (Wildman–Crippen MR) is 102 cm³/mol. The number of fused-ring (bicyclic) bond motifs is 1. The number of aryl methyl sites for hydroxylation is 1. The van der Waals surface area contributed by atoms with E-state index in [0.717, 1.165) is 22.4 Å². The first-order valence-corrected chi connectivity index (χ1v) is 8.60. The van der Waals surface area contributed by atoms with E-state index in [9.17, 15) is 14.0 Å². The molecule has 27 heavy (non-hydrogen) atoms. The van der Waals surface area contributed by atoms with Gasteiger partial charge in [-0.2, -0.15) is 0 Å². The van der Waals surface area contributed by atoms with Gasteiger partial charge in [-0.1, -0.05) is 18.2 Å². The summed E-state index contributed by atoms with van der Waals surface area (Å²) in [5.74, 6) is -0.716. The number of amides is 2. The molecule has 0 unspecified atom stereocenters. The molecule has 0 aromatic heterocycles. The Morgan fingerprint density at radius 1 is 1.04 bits per heavy atom. The van der Waals surface area contributed by atoms with Crippen molar-refractivity contribution in [3.8, 4) is 0 Å². The second kappa shape index (κ2) is 6.68. The lowest BCUT2D eigenvalue weighted by Crippen LogP contribution is -2.23. The summed E-state index contributed by atoms with van der Waals surface area (Å²) >= 11 is 0. The van der Waals surface area contributed by atoms with E-state index < -0.39 is 0 Å². The van der Waals surface area contributed by atoms with Gasteiger partial charge in [-0.05, 0) is 66.6 Å². The number of nitrogens with zero attached hydrogens (tertiary/aromatic N) is 1. The number of nitrogens with one attached hydrogen (secondary N) is 1. The van der Waals surface area contributed by atoms with Gasteiger partial charge in [0.1, 0.15) is 5.82 Å². The fourth-order valence-electron chi connectivity index (χ4n) is 3.21. The van der Waals surface area contributed by atoms with Crippen molar-refractivity contribution in [1.82, 2.24) is 0 Å². The molecule has 0 spiro atoms. The van der Waals surface area contributed by atoms with Gasteiger partial charge in [0.25, 0.3) is 11.8 Å². The van der Waals surface area contributed by atoms with Crippen LogP contribution in [0.15, 0.2) is 66.7 Å². The number of anilines is 2. The molecule has 2 amide bonds. The average Bonchev–Trinajstić information content (AvgIpc) is 3.01. The van der Waals surface area contributed by atoms with Gasteiger partial charge in [-0.15, -0.1) is 0 Å². The van der Waals surface area contributed by atoms with Crippen LogP contribution in [0.2, 0.25) is 0 Å². The fourth-order valence-corrected chi connectivity index (χ4v) is 3.21. The molecule has 3 aromatic carbocycles. The smallest absolute Gasteiger partial charge is 0.258 e. The summed E-state index contributed by atoms with van der Waals surface area (Å²) in [6.07, 6.45) is 0. The largest absolute Gasteiger partial charge is 0.322 e. The van der Waals surface area contributed by atoms with Gasteiger partial charge in [0.05, 0.1) is 6.54 Å². The highest BCUT2D eigenvalue weighted by atomic mass is 19.1. The minimum absolute atomic E-state index is 0.0203. The number of carbonyl (C=O) groups excluding carboxylic acids is 2. The Labute approximate surface area is 156 Å². The summed E-state index contributed by atoms with van der Waals surface area (Å²) in [6.45, 7) is 2.41. The third-order valence-electron chi connectivity index (χ3n) is 4.70. The Morgan fingerprint density at radius 2 is 1.78 bits per heavy atom. The molecule has 3 aromatic rings. The van der Waals surface area contributed by atoms with Crippen LogP contribution >= 0.6 is 0 Å². The van der Waals surface area contributed by atoms with Crippen LogP contribution in [0.3, 0.4) is 0 Å². The highest BCUT2D eigenvalue weighted by molar-refractivity contribution is 6.10. The lowest BCUT2D eigenvalue weighted by molar-refractivity contribution is 0.0994. The number of halogens is 1. The maximum atomic E-state index is 13.0. The van der Waals surface area contributed by atoms with E-state index in [0.29, 0.717) is 17.8 Å². The molecule has 0 radical (unpaired) electrons. The highest BCUT2D eigenvalue weighted by Crippen LogP contribution is 2.30. The first-order chi connectivity index (χ1) is 13.0. The van der Waals surface area contributed by atoms with Crippen molar-refractivity contribution in [2.24, 2.45) is 0 Å². The predicted octanol–water partition coefficient (Wildman–Crippen LogP) is 4.55. The Hall–Kier alpha value is -3.47. The maximum absolute atomic E-state index is 13.0. The molecule has 4 rings (SSSR count). The Balaban J connectivity index is 1.54. The van der Waals surface area contributed by atoms with Crippen molar-refractivity contribution >= 4 is 23.2 Å². The molecule has 1 aliphatic rings. The summed E-state index contributed by atoms with van der Waals surface area (Å²) < 4.78 is 13.0. The molecule has 0 fully saturated rings. The Bertz CT molecular complexity index is 1040. The first-order valence-electron chi connectivity index (χ1n) is 8.60. The van der Waals surface area contributed by atoms with Gasteiger partial charge in [-0.25, -0.2) is 4.39 Å². The summed E-state index contributed by atoms with van der Waals surface area (Å²) in [7, 11) is 0. The van der Waals surface area contributed by atoms with Crippen LogP contribution in [0.4, 0.5) is 15.8 Å². The van der Waals surface area contributed by atoms with Crippen LogP contribution < -0.4 is 10.2 Å². The molecular formula is C22H17FN2O2. The molecule has 0 saturated heterocycles. The molecule has 1 N–H and O–H groups in total. The minimum Gasteiger partial charge on any atom is -0.322 e. The second-order valence-corrected chi connectivity index (χ2v) is 6.51. The quantitative estimate of drug-likeness (QED) is 0.745. The summed E-state index contributed by atoms with van der Waals surface area (Å²) in [6, 6.07) is 18.4. The Kier molecular flexibility index (Phi) is 4.20. The lowest BCUT2D eigenvalue weighted by atomic mass is 10.1. The van der Waals surface area contributed by atoms with Crippen molar-refractivity contribution in [1.29, 1.82) is 0 Å². The van der Waals surface area contributed by atoms with E-state index >= 15 is 0 Å². The molecule has 134 valence electrons. The molecular weight excluding hydrogens is 343 g/mol. The van der Waals surface area contributed by atoms with Gasteiger partial charge in [0.15, 0.2) is 0 Å². The molecule has 1 heterocycles. The zero-order valence-corrected chi connectivity index (χ0v) is 14.7. The van der Waals surface area contributed by atoms with Crippen LogP contribution in [0.25, 0.3) is 0 Å². The van der Waals surface area contributed by atoms with Gasteiger partial charge in [0, 0.05) is 22.5 Å². The van der Waals surface area contributed by atoms with Crippen molar-refractivity contribution in [3.63, 3.8) is 0 Å². The summed E-state index contributed by atoms with van der Waals surface area (Å²) in [4.78, 5) is 26.7. The normalized spacial score (nSPS) is 12.8. The van der Waals surface area contributed by atoms with E-state index in [1.165, 1.54) is 24.3 Å². The average molecular weight is 360 g/mol. The van der Waals surface area contributed by atoms with Crippen molar-refractivity contribution in [3.05, 3.63) is 94.8 Å². The third-order valence-corrected chi connectivity index (χ3v) is 4.70. The van der Waals surface area contributed by atoms with Gasteiger partial charge in [-0.3, -0.25) is 9.59 Å². The van der Waals surface area contributed by atoms with E-state index in [2.05, 4.69) is 5.32 Å². The zero-order valence-electron chi connectivity index (χ0n) is 14.7. The standard InChI is InChI=1S/C22H17FN2O2/c1-14-12-18(25-13-16-4-2-3-5-19(16)22(25)27)10-11-20(14)24-21(26)15-6-8-17(23)9-7-15/h2-12H,13H2,1H3,(H,24,26). The van der Waals surface area contributed by atoms with Gasteiger partial charge in [0.2, 0.25) is 0 Å². The van der Waals surface area contributed by atoms with E-state index in [1.807, 2.05) is 43.3 Å². The number of carbonyl (C=O) groups is 2. The number of hydrogen-bond donors (Lipinski definition) is 1. The third kappa shape index (κ3) is 3.19. The monoisotopic (exact) mass is 360 g/mol. The zero-order chi connectivity index (χ0) is 19.0. The van der Waals surface area contributed by atoms with Crippen LogP contribution in [0, 0.1) is 12.7 Å². The molecule has 4 nitrogen and oxygen atoms in total. The Morgan fingerprint density at radius 3 is 2.48 bits per heavy atom. The molecule has 0 atom stereocenters. The first kappa shape index (κ1) is 17.0. The lowest BCUT2D eigenvalue weighted by Gasteiger charge is -2.18. The molecule has 1 aliphatic heterocycles. The summed E-state index contributed by atoms with van der Waals surface area (Å²) in [5.41, 5.74) is 4.39. The van der Waals surface area contributed by atoms with Crippen LogP contribution in [-0.2, 0) is 6.54 Å². The maximum Gasteiger partial charge on any atom is 0.258 e.